The fourth-order valence-corrected chi connectivity index (χ4v) is 6.91. The van der Waals surface area contributed by atoms with Gasteiger partial charge in [-0.15, -0.1) is 11.6 Å². The quantitative estimate of drug-likeness (QED) is 0.513. The Labute approximate surface area is 201 Å². The predicted octanol–water partition coefficient (Wildman–Crippen LogP) is 4.14. The second-order valence-corrected chi connectivity index (χ2v) is 11.2. The van der Waals surface area contributed by atoms with Crippen molar-refractivity contribution in [1.29, 1.82) is 0 Å². The number of hydrogen-bond acceptors (Lipinski definition) is 5. The molecule has 2 aromatic rings. The molecule has 0 fully saturated rings. The number of methoxy groups -OCH3 is 1. The van der Waals surface area contributed by atoms with E-state index in [4.69, 9.17) is 22.1 Å². The zero-order chi connectivity index (χ0) is 24.2. The molecule has 33 heavy (non-hydrogen) atoms. The van der Waals surface area contributed by atoms with Crippen LogP contribution >= 0.6 is 11.6 Å². The molecule has 0 radical (unpaired) electrons. The number of sulfone groups is 1. The van der Waals surface area contributed by atoms with E-state index in [-0.39, 0.29) is 23.1 Å². The fourth-order valence-electron chi connectivity index (χ4n) is 4.57. The largest absolute Gasteiger partial charge is 0.496 e. The van der Waals surface area contributed by atoms with E-state index in [0.29, 0.717) is 23.3 Å². The van der Waals surface area contributed by atoms with Gasteiger partial charge in [0.05, 0.1) is 23.8 Å². The van der Waals surface area contributed by atoms with Gasteiger partial charge >= 0.3 is 0 Å². The highest BCUT2D eigenvalue weighted by atomic mass is 35.5. The maximum atomic E-state index is 13.8. The molecule has 180 valence electrons. The fraction of sp³-hybridized carbons (Fsp3) is 0.480. The number of nitrogens with one attached hydrogen (secondary N) is 1. The van der Waals surface area contributed by atoms with Gasteiger partial charge in [-0.1, -0.05) is 57.0 Å². The number of benzene rings is 2. The first-order valence-corrected chi connectivity index (χ1v) is 13.4. The monoisotopic (exact) mass is 492 g/mol. The molecule has 3 atom stereocenters. The molecule has 1 amide bonds. The third-order valence-electron chi connectivity index (χ3n) is 6.50. The van der Waals surface area contributed by atoms with Crippen LogP contribution in [0.5, 0.6) is 5.75 Å². The van der Waals surface area contributed by atoms with Crippen molar-refractivity contribution in [1.82, 2.24) is 5.32 Å². The van der Waals surface area contributed by atoms with Crippen LogP contribution in [0.15, 0.2) is 47.4 Å². The Balaban J connectivity index is 2.25. The molecule has 3 N–H and O–H groups in total. The molecular weight excluding hydrogens is 460 g/mol. The summed E-state index contributed by atoms with van der Waals surface area (Å²) in [7, 11) is -2.13. The third-order valence-corrected chi connectivity index (χ3v) is 8.83. The molecule has 8 heteroatoms. The molecule has 1 aliphatic heterocycles. The van der Waals surface area contributed by atoms with Crippen molar-refractivity contribution in [2.45, 2.75) is 67.8 Å². The average molecular weight is 493 g/mol. The number of nitrogens with two attached hydrogens (primary N) is 1. The Kier molecular flexibility index (Phi) is 8.08. The first-order chi connectivity index (χ1) is 15.7. The number of unbranched alkanes of at least 4 members (excludes halogenated alkanes) is 1. The van der Waals surface area contributed by atoms with Crippen LogP contribution in [0, 0.1) is 0 Å². The van der Waals surface area contributed by atoms with Crippen molar-refractivity contribution in [3.63, 3.8) is 0 Å². The van der Waals surface area contributed by atoms with Crippen LogP contribution in [-0.4, -0.2) is 38.1 Å². The number of halogens is 1. The maximum Gasteiger partial charge on any atom is 0.235 e. The molecule has 0 bridgehead atoms. The molecule has 0 saturated heterocycles. The Hall–Kier alpha value is -2.09. The lowest BCUT2D eigenvalue weighted by molar-refractivity contribution is -0.117. The normalized spacial score (nSPS) is 22.7. The van der Waals surface area contributed by atoms with Crippen molar-refractivity contribution in [3.8, 4) is 5.75 Å². The lowest BCUT2D eigenvalue weighted by Gasteiger charge is -2.36. The highest BCUT2D eigenvalue weighted by molar-refractivity contribution is 7.91. The van der Waals surface area contributed by atoms with E-state index in [9.17, 15) is 13.2 Å². The third kappa shape index (κ3) is 5.53. The summed E-state index contributed by atoms with van der Waals surface area (Å²) in [5, 5.41) is 2.77. The first-order valence-electron chi connectivity index (χ1n) is 11.4. The number of hydrogen-bond donors (Lipinski definition) is 2. The Morgan fingerprint density at radius 3 is 2.55 bits per heavy atom. The van der Waals surface area contributed by atoms with Gasteiger partial charge in [-0.2, -0.15) is 0 Å². The molecule has 6 nitrogen and oxygen atoms in total. The molecule has 0 spiro atoms. The summed E-state index contributed by atoms with van der Waals surface area (Å²) in [6.45, 7) is 4.14. The van der Waals surface area contributed by atoms with Crippen LogP contribution in [0.1, 0.15) is 62.3 Å². The molecule has 0 aromatic heterocycles. The minimum atomic E-state index is -3.65. The van der Waals surface area contributed by atoms with E-state index in [1.54, 1.807) is 12.1 Å². The minimum absolute atomic E-state index is 0.00126. The summed E-state index contributed by atoms with van der Waals surface area (Å²) >= 11 is 6.12. The van der Waals surface area contributed by atoms with E-state index in [1.807, 2.05) is 37.3 Å². The van der Waals surface area contributed by atoms with Crippen molar-refractivity contribution < 1.29 is 17.9 Å². The zero-order valence-corrected chi connectivity index (χ0v) is 21.0. The molecule has 3 rings (SSSR count). The van der Waals surface area contributed by atoms with Crippen LogP contribution in [0.3, 0.4) is 0 Å². The van der Waals surface area contributed by atoms with Gasteiger partial charge in [0.2, 0.25) is 5.91 Å². The van der Waals surface area contributed by atoms with E-state index in [0.717, 1.165) is 24.8 Å². The van der Waals surface area contributed by atoms with E-state index in [2.05, 4.69) is 12.2 Å². The van der Waals surface area contributed by atoms with E-state index < -0.39 is 26.7 Å². The number of primary amides is 1. The smallest absolute Gasteiger partial charge is 0.235 e. The topological polar surface area (TPSA) is 98.5 Å². The highest BCUT2D eigenvalue weighted by Gasteiger charge is 2.42. The summed E-state index contributed by atoms with van der Waals surface area (Å²) in [6, 6.07) is 12.9. The Bertz CT molecular complexity index is 1090. The summed E-state index contributed by atoms with van der Waals surface area (Å²) in [6.07, 6.45) is 3.43. The van der Waals surface area contributed by atoms with Gasteiger partial charge in [0, 0.05) is 12.0 Å². The standard InChI is InChI=1S/C25H33ClN2O4S/c1-4-6-12-25(5-2)16-33(30,31)22-14-18(13-20(26)24(27)29)21(32-3)15-19(22)23(28-25)17-10-8-7-9-11-17/h7-11,14-15,20,23,28H,4-6,12-13,16H2,1-3H3,(H2,27,29)/t20?,23-,25-/m1/s1. The van der Waals surface area contributed by atoms with Crippen LogP contribution in [0.25, 0.3) is 0 Å². The zero-order valence-electron chi connectivity index (χ0n) is 19.4. The van der Waals surface area contributed by atoms with Gasteiger partial charge in [-0.05, 0) is 41.7 Å². The summed E-state index contributed by atoms with van der Waals surface area (Å²) in [5.41, 5.74) is 6.95. The molecule has 1 unspecified atom stereocenters. The Morgan fingerprint density at radius 2 is 1.97 bits per heavy atom. The average Bonchev–Trinajstić information content (AvgIpc) is 2.90. The van der Waals surface area contributed by atoms with Crippen molar-refractivity contribution >= 4 is 27.3 Å². The van der Waals surface area contributed by atoms with Crippen molar-refractivity contribution in [3.05, 3.63) is 59.2 Å². The number of rotatable bonds is 9. The number of carbonyl (C=O) groups excluding carboxylic acids is 1. The van der Waals surface area contributed by atoms with E-state index in [1.165, 1.54) is 7.11 Å². The summed E-state index contributed by atoms with van der Waals surface area (Å²) in [5.74, 6) is -0.181. The number of alkyl halides is 1. The van der Waals surface area contributed by atoms with Gasteiger partial charge in [0.1, 0.15) is 11.1 Å². The number of ether oxygens (including phenoxy) is 1. The molecule has 1 aliphatic rings. The minimum Gasteiger partial charge on any atom is -0.496 e. The second-order valence-electron chi connectivity index (χ2n) is 8.76. The predicted molar refractivity (Wildman–Crippen MR) is 132 cm³/mol. The second kappa shape index (κ2) is 10.5. The van der Waals surface area contributed by atoms with Crippen LogP contribution in [0.4, 0.5) is 0 Å². The molecule has 1 heterocycles. The molecular formula is C25H33ClN2O4S. The molecule has 0 aliphatic carbocycles. The SMILES string of the molecule is CCCC[C@]1(CC)CS(=O)(=O)c2cc(CC(Cl)C(N)=O)c(OC)cc2[C@@H](c2ccccc2)N1. The number of amides is 1. The van der Waals surface area contributed by atoms with Gasteiger partial charge < -0.3 is 10.5 Å². The maximum absolute atomic E-state index is 13.8. The number of carbonyl (C=O) groups is 1. The molecule has 0 saturated carbocycles. The van der Waals surface area contributed by atoms with Crippen LogP contribution < -0.4 is 15.8 Å². The van der Waals surface area contributed by atoms with Crippen molar-refractivity contribution in [2.75, 3.05) is 12.9 Å². The lowest BCUT2D eigenvalue weighted by Crippen LogP contribution is -2.50. The van der Waals surface area contributed by atoms with Gasteiger partial charge in [0.15, 0.2) is 9.84 Å². The summed E-state index contributed by atoms with van der Waals surface area (Å²) in [4.78, 5) is 11.8. The van der Waals surface area contributed by atoms with E-state index >= 15 is 0 Å². The first kappa shape index (κ1) is 25.5. The number of fused-ring (bicyclic) bond motifs is 1. The van der Waals surface area contributed by atoms with Gasteiger partial charge in [-0.25, -0.2) is 8.42 Å². The highest BCUT2D eigenvalue weighted by Crippen LogP contribution is 2.41. The van der Waals surface area contributed by atoms with Gasteiger partial charge in [0.25, 0.3) is 0 Å². The van der Waals surface area contributed by atoms with Crippen molar-refractivity contribution in [2.24, 2.45) is 5.73 Å². The van der Waals surface area contributed by atoms with Crippen LogP contribution in [-0.2, 0) is 21.1 Å². The Morgan fingerprint density at radius 1 is 1.27 bits per heavy atom. The summed E-state index contributed by atoms with van der Waals surface area (Å²) < 4.78 is 33.1. The molecule has 2 aromatic carbocycles. The van der Waals surface area contributed by atoms with Gasteiger partial charge in [-0.3, -0.25) is 10.1 Å². The van der Waals surface area contributed by atoms with Crippen LogP contribution in [0.2, 0.25) is 0 Å². The lowest BCUT2D eigenvalue weighted by atomic mass is 9.87.